The van der Waals surface area contributed by atoms with Crippen LogP contribution < -0.4 is 9.62 Å². The minimum atomic E-state index is -3.32. The van der Waals surface area contributed by atoms with Gasteiger partial charge >= 0.3 is 5.97 Å². The van der Waals surface area contributed by atoms with E-state index in [1.807, 2.05) is 43.3 Å². The molecule has 0 fully saturated rings. The van der Waals surface area contributed by atoms with E-state index in [0.29, 0.717) is 30.7 Å². The predicted octanol–water partition coefficient (Wildman–Crippen LogP) is 2.61. The quantitative estimate of drug-likeness (QED) is 0.603. The number of carboxylic acid groups (broad SMARTS) is 1. The number of benzene rings is 1. The van der Waals surface area contributed by atoms with Crippen LogP contribution in [0.5, 0.6) is 0 Å². The molecule has 2 N–H and O–H groups in total. The number of nitrogens with one attached hydrogen (secondary N) is 1. The molecule has 0 amide bonds. The molecule has 142 valence electrons. The average molecular weight is 397 g/mol. The molecule has 0 spiro atoms. The number of thiophene rings is 1. The molecule has 0 aliphatic heterocycles. The zero-order valence-electron chi connectivity index (χ0n) is 14.9. The van der Waals surface area contributed by atoms with Gasteiger partial charge in [0, 0.05) is 31.2 Å². The lowest BCUT2D eigenvalue weighted by Gasteiger charge is -2.12. The van der Waals surface area contributed by atoms with Crippen LogP contribution in [-0.4, -0.2) is 45.9 Å². The maximum Gasteiger partial charge on any atom is 0.345 e. The van der Waals surface area contributed by atoms with Crippen molar-refractivity contribution in [2.75, 3.05) is 31.3 Å². The molecule has 0 saturated heterocycles. The third-order valence-electron chi connectivity index (χ3n) is 3.91. The minimum Gasteiger partial charge on any atom is -0.477 e. The summed E-state index contributed by atoms with van der Waals surface area (Å²) in [6.07, 6.45) is 1.76. The Hall–Kier alpha value is -1.90. The largest absolute Gasteiger partial charge is 0.477 e. The number of hydrogen-bond donors (Lipinski definition) is 2. The van der Waals surface area contributed by atoms with E-state index in [9.17, 15) is 13.2 Å². The number of hydrogen-bond acceptors (Lipinski definition) is 5. The van der Waals surface area contributed by atoms with E-state index in [2.05, 4.69) is 4.72 Å². The van der Waals surface area contributed by atoms with Gasteiger partial charge < -0.3 is 10.0 Å². The smallest absolute Gasteiger partial charge is 0.345 e. The van der Waals surface area contributed by atoms with E-state index < -0.39 is 16.0 Å². The number of rotatable bonds is 10. The fraction of sp³-hybridized carbons (Fsp3) is 0.389. The summed E-state index contributed by atoms with van der Waals surface area (Å²) in [5, 5.41) is 8.89. The van der Waals surface area contributed by atoms with Gasteiger partial charge in [0.15, 0.2) is 0 Å². The maximum atomic E-state index is 12.1. The molecule has 1 aromatic carbocycles. The van der Waals surface area contributed by atoms with E-state index in [4.69, 9.17) is 5.11 Å². The van der Waals surface area contributed by atoms with Crippen LogP contribution in [0.25, 0.3) is 0 Å². The Morgan fingerprint density at radius 3 is 2.38 bits per heavy atom. The minimum absolute atomic E-state index is 0.0521. The summed E-state index contributed by atoms with van der Waals surface area (Å²) >= 11 is 1.23. The molecule has 2 rings (SSSR count). The first-order chi connectivity index (χ1) is 12.3. The fourth-order valence-corrected chi connectivity index (χ4v) is 4.40. The Morgan fingerprint density at radius 2 is 1.81 bits per heavy atom. The number of carboxylic acids is 1. The second kappa shape index (κ2) is 9.16. The van der Waals surface area contributed by atoms with Crippen LogP contribution in [0, 0.1) is 0 Å². The molecule has 26 heavy (non-hydrogen) atoms. The Labute approximate surface area is 158 Å². The van der Waals surface area contributed by atoms with Gasteiger partial charge in [-0.1, -0.05) is 12.1 Å². The summed E-state index contributed by atoms with van der Waals surface area (Å²) in [6.45, 7) is 0.349. The molecule has 0 aliphatic carbocycles. The summed E-state index contributed by atoms with van der Waals surface area (Å²) in [5.41, 5.74) is 2.06. The van der Waals surface area contributed by atoms with Crippen molar-refractivity contribution in [1.82, 2.24) is 4.72 Å². The number of aromatic carboxylic acids is 1. The molecule has 0 atom stereocenters. The Morgan fingerprint density at radius 1 is 1.12 bits per heavy atom. The molecule has 8 heteroatoms. The van der Waals surface area contributed by atoms with Crippen molar-refractivity contribution < 1.29 is 18.3 Å². The first-order valence-corrected chi connectivity index (χ1v) is 10.8. The second-order valence-electron chi connectivity index (χ2n) is 6.20. The summed E-state index contributed by atoms with van der Waals surface area (Å²) in [4.78, 5) is 14.1. The van der Waals surface area contributed by atoms with Crippen LogP contribution >= 0.6 is 11.3 Å². The number of sulfonamides is 1. The third-order valence-corrected chi connectivity index (χ3v) is 6.43. The van der Waals surface area contributed by atoms with E-state index in [-0.39, 0.29) is 5.75 Å². The van der Waals surface area contributed by atoms with E-state index >= 15 is 0 Å². The monoisotopic (exact) mass is 396 g/mol. The number of aryl methyl sites for hydroxylation is 2. The third kappa shape index (κ3) is 6.44. The molecule has 2 aromatic rings. The molecular weight excluding hydrogens is 372 g/mol. The van der Waals surface area contributed by atoms with Gasteiger partial charge in [0.25, 0.3) is 0 Å². The highest BCUT2D eigenvalue weighted by molar-refractivity contribution is 7.89. The fourth-order valence-electron chi connectivity index (χ4n) is 2.40. The van der Waals surface area contributed by atoms with Crippen molar-refractivity contribution in [2.45, 2.75) is 19.3 Å². The molecule has 6 nitrogen and oxygen atoms in total. The molecule has 1 aromatic heterocycles. The van der Waals surface area contributed by atoms with Gasteiger partial charge in [-0.25, -0.2) is 17.9 Å². The van der Waals surface area contributed by atoms with Gasteiger partial charge in [0.2, 0.25) is 10.0 Å². The highest BCUT2D eigenvalue weighted by atomic mass is 32.2. The zero-order valence-corrected chi connectivity index (χ0v) is 16.6. The predicted molar refractivity (Wildman–Crippen MR) is 106 cm³/mol. The maximum absolute atomic E-state index is 12.1. The first-order valence-electron chi connectivity index (χ1n) is 8.32. The first kappa shape index (κ1) is 20.4. The van der Waals surface area contributed by atoms with E-state index in [1.165, 1.54) is 11.3 Å². The van der Waals surface area contributed by atoms with Crippen molar-refractivity contribution in [3.63, 3.8) is 0 Å². The highest BCUT2D eigenvalue weighted by Crippen LogP contribution is 2.18. The summed E-state index contributed by atoms with van der Waals surface area (Å²) in [6, 6.07) is 11.2. The van der Waals surface area contributed by atoms with Gasteiger partial charge in [-0.2, -0.15) is 0 Å². The topological polar surface area (TPSA) is 86.7 Å². The van der Waals surface area contributed by atoms with Gasteiger partial charge in [-0.05, 0) is 49.1 Å². The number of anilines is 1. The molecule has 0 bridgehead atoms. The lowest BCUT2D eigenvalue weighted by atomic mass is 10.1. The summed E-state index contributed by atoms with van der Waals surface area (Å²) in [7, 11) is 0.601. The second-order valence-corrected chi connectivity index (χ2v) is 9.29. The number of nitrogens with zero attached hydrogens (tertiary/aromatic N) is 1. The van der Waals surface area contributed by atoms with Crippen LogP contribution in [0.1, 0.15) is 26.5 Å². The molecule has 0 unspecified atom stereocenters. The van der Waals surface area contributed by atoms with Crippen LogP contribution in [-0.2, 0) is 22.9 Å². The molecule has 0 aliphatic rings. The average Bonchev–Trinajstić information content (AvgIpc) is 3.07. The molecular formula is C18H24N2O4S2. The van der Waals surface area contributed by atoms with E-state index in [0.717, 1.165) is 16.1 Å². The lowest BCUT2D eigenvalue weighted by molar-refractivity contribution is 0.0702. The molecule has 0 saturated carbocycles. The lowest BCUT2D eigenvalue weighted by Crippen LogP contribution is -2.28. The SMILES string of the molecule is CN(C)c1ccc(CCS(=O)(=O)NCCCc2ccc(C(=O)O)s2)cc1. The van der Waals surface area contributed by atoms with Gasteiger partial charge in [-0.15, -0.1) is 11.3 Å². The Bertz CT molecular complexity index is 827. The van der Waals surface area contributed by atoms with Crippen LogP contribution in [0.4, 0.5) is 5.69 Å². The standard InChI is InChI=1S/C18H24N2O4S2/c1-20(2)15-7-5-14(6-8-15)11-13-26(23,24)19-12-3-4-16-9-10-17(25-16)18(21)22/h5-10,19H,3-4,11-13H2,1-2H3,(H,21,22). The van der Waals surface area contributed by atoms with Crippen molar-refractivity contribution in [3.8, 4) is 0 Å². The van der Waals surface area contributed by atoms with Crippen molar-refractivity contribution in [2.24, 2.45) is 0 Å². The Balaban J connectivity index is 1.73. The van der Waals surface area contributed by atoms with Gasteiger partial charge in [-0.3, -0.25) is 0 Å². The summed E-state index contributed by atoms with van der Waals surface area (Å²) in [5.74, 6) is -0.878. The highest BCUT2D eigenvalue weighted by Gasteiger charge is 2.11. The van der Waals surface area contributed by atoms with Gasteiger partial charge in [0.1, 0.15) is 4.88 Å². The van der Waals surface area contributed by atoms with Crippen LogP contribution in [0.3, 0.4) is 0 Å². The van der Waals surface area contributed by atoms with Crippen LogP contribution in [0.15, 0.2) is 36.4 Å². The summed E-state index contributed by atoms with van der Waals surface area (Å²) < 4.78 is 26.8. The van der Waals surface area contributed by atoms with Crippen molar-refractivity contribution >= 4 is 33.0 Å². The van der Waals surface area contributed by atoms with Crippen molar-refractivity contribution in [1.29, 1.82) is 0 Å². The molecule has 1 heterocycles. The van der Waals surface area contributed by atoms with Gasteiger partial charge in [0.05, 0.1) is 5.75 Å². The zero-order chi connectivity index (χ0) is 19.2. The number of carbonyl (C=O) groups is 1. The van der Waals surface area contributed by atoms with Crippen molar-refractivity contribution in [3.05, 3.63) is 51.7 Å². The Kier molecular flexibility index (Phi) is 7.19. The van der Waals surface area contributed by atoms with E-state index in [1.54, 1.807) is 12.1 Å². The molecule has 0 radical (unpaired) electrons. The van der Waals surface area contributed by atoms with Crippen LogP contribution in [0.2, 0.25) is 0 Å². The normalized spacial score (nSPS) is 11.5.